The van der Waals surface area contributed by atoms with Crippen LogP contribution in [0, 0.1) is 11.6 Å². The minimum absolute atomic E-state index is 0.0254. The highest BCUT2D eigenvalue weighted by Crippen LogP contribution is 2.26. The van der Waals surface area contributed by atoms with E-state index < -0.39 is 23.6 Å². The molecule has 0 aromatic heterocycles. The van der Waals surface area contributed by atoms with Crippen molar-refractivity contribution < 1.29 is 28.2 Å². The first-order chi connectivity index (χ1) is 10.9. The molecule has 1 aromatic carbocycles. The van der Waals surface area contributed by atoms with E-state index in [0.29, 0.717) is 17.9 Å². The van der Waals surface area contributed by atoms with E-state index in [1.807, 2.05) is 0 Å². The van der Waals surface area contributed by atoms with Crippen molar-refractivity contribution in [2.75, 3.05) is 19.4 Å². The molecule has 1 aliphatic rings. The van der Waals surface area contributed by atoms with Gasteiger partial charge in [-0.25, -0.2) is 8.78 Å². The van der Waals surface area contributed by atoms with Crippen LogP contribution in [0.15, 0.2) is 23.1 Å². The zero-order valence-corrected chi connectivity index (χ0v) is 13.3. The number of rotatable bonds is 6. The minimum Gasteiger partial charge on any atom is -0.481 e. The summed E-state index contributed by atoms with van der Waals surface area (Å²) < 4.78 is 31.2. The third-order valence-corrected chi connectivity index (χ3v) is 4.67. The molecule has 0 radical (unpaired) electrons. The number of carboxylic acid groups (broad SMARTS) is 1. The van der Waals surface area contributed by atoms with Gasteiger partial charge in [-0.1, -0.05) is 0 Å². The van der Waals surface area contributed by atoms with Crippen molar-refractivity contribution in [1.82, 2.24) is 4.90 Å². The lowest BCUT2D eigenvalue weighted by atomic mass is 10.1. The van der Waals surface area contributed by atoms with E-state index >= 15 is 0 Å². The second kappa shape index (κ2) is 7.74. The molecule has 1 aliphatic heterocycles. The van der Waals surface area contributed by atoms with Gasteiger partial charge in [0.25, 0.3) is 0 Å². The summed E-state index contributed by atoms with van der Waals surface area (Å²) in [5.41, 5.74) is 0. The van der Waals surface area contributed by atoms with Gasteiger partial charge in [-0.3, -0.25) is 9.59 Å². The predicted octanol–water partition coefficient (Wildman–Crippen LogP) is 2.15. The molecule has 0 saturated carbocycles. The fraction of sp³-hybridized carbons (Fsp3) is 0.467. The van der Waals surface area contributed by atoms with Crippen molar-refractivity contribution in [1.29, 1.82) is 0 Å². The number of halogens is 2. The largest absolute Gasteiger partial charge is 0.481 e. The summed E-state index contributed by atoms with van der Waals surface area (Å²) >= 11 is 1.08. The molecule has 23 heavy (non-hydrogen) atoms. The molecule has 1 saturated heterocycles. The molecule has 0 aliphatic carbocycles. The summed E-state index contributed by atoms with van der Waals surface area (Å²) in [5.74, 6) is -3.10. The van der Waals surface area contributed by atoms with Crippen LogP contribution in [0.25, 0.3) is 0 Å². The van der Waals surface area contributed by atoms with Gasteiger partial charge >= 0.3 is 5.97 Å². The van der Waals surface area contributed by atoms with Gasteiger partial charge in [0.15, 0.2) is 11.6 Å². The zero-order valence-electron chi connectivity index (χ0n) is 12.5. The summed E-state index contributed by atoms with van der Waals surface area (Å²) in [6.07, 6.45) is 0.155. The normalized spacial score (nSPS) is 20.7. The van der Waals surface area contributed by atoms with E-state index in [1.54, 1.807) is 0 Å². The SMILES string of the molecule is COC1CC(CC(=O)O)N(C(=O)CSc2ccc(F)c(F)c2)C1. The molecule has 2 atom stereocenters. The Balaban J connectivity index is 1.97. The molecule has 8 heteroatoms. The van der Waals surface area contributed by atoms with Gasteiger partial charge in [-0.2, -0.15) is 0 Å². The number of likely N-dealkylation sites (tertiary alicyclic amines) is 1. The molecule has 1 amide bonds. The second-order valence-electron chi connectivity index (χ2n) is 5.26. The Morgan fingerprint density at radius 3 is 2.74 bits per heavy atom. The lowest BCUT2D eigenvalue weighted by Crippen LogP contribution is -2.38. The topological polar surface area (TPSA) is 66.8 Å². The lowest BCUT2D eigenvalue weighted by Gasteiger charge is -2.23. The van der Waals surface area contributed by atoms with Gasteiger partial charge in [0.1, 0.15) is 0 Å². The van der Waals surface area contributed by atoms with Crippen LogP contribution in [0.1, 0.15) is 12.8 Å². The number of hydrogen-bond acceptors (Lipinski definition) is 4. The van der Waals surface area contributed by atoms with Crippen LogP contribution >= 0.6 is 11.8 Å². The number of carbonyl (C=O) groups is 2. The Bertz CT molecular complexity index is 599. The van der Waals surface area contributed by atoms with E-state index in [2.05, 4.69) is 0 Å². The Morgan fingerprint density at radius 2 is 2.13 bits per heavy atom. The average Bonchev–Trinajstić information content (AvgIpc) is 2.90. The predicted molar refractivity (Wildman–Crippen MR) is 80.2 cm³/mol. The van der Waals surface area contributed by atoms with Crippen LogP contribution in [0.4, 0.5) is 8.78 Å². The Morgan fingerprint density at radius 1 is 1.39 bits per heavy atom. The third kappa shape index (κ3) is 4.65. The van der Waals surface area contributed by atoms with Crippen molar-refractivity contribution >= 4 is 23.6 Å². The zero-order chi connectivity index (χ0) is 17.0. The number of ether oxygens (including phenoxy) is 1. The molecule has 0 spiro atoms. The molecule has 1 aromatic rings. The van der Waals surface area contributed by atoms with Crippen molar-refractivity contribution in [2.24, 2.45) is 0 Å². The molecule has 126 valence electrons. The van der Waals surface area contributed by atoms with Crippen LogP contribution < -0.4 is 0 Å². The van der Waals surface area contributed by atoms with E-state index in [-0.39, 0.29) is 24.2 Å². The molecule has 2 unspecified atom stereocenters. The van der Waals surface area contributed by atoms with Crippen molar-refractivity contribution in [2.45, 2.75) is 29.9 Å². The van der Waals surface area contributed by atoms with Crippen molar-refractivity contribution in [3.8, 4) is 0 Å². The van der Waals surface area contributed by atoms with Crippen LogP contribution in [-0.2, 0) is 14.3 Å². The van der Waals surface area contributed by atoms with Crippen LogP contribution in [0.2, 0.25) is 0 Å². The minimum atomic E-state index is -0.974. The number of thioether (sulfide) groups is 1. The number of methoxy groups -OCH3 is 1. The number of benzene rings is 1. The molecular weight excluding hydrogens is 328 g/mol. The molecule has 1 fully saturated rings. The van der Waals surface area contributed by atoms with Crippen molar-refractivity contribution in [3.63, 3.8) is 0 Å². The first-order valence-corrected chi connectivity index (χ1v) is 8.01. The molecular formula is C15H17F2NO4S. The molecule has 5 nitrogen and oxygen atoms in total. The monoisotopic (exact) mass is 345 g/mol. The highest BCUT2D eigenvalue weighted by Gasteiger charge is 2.36. The number of nitrogens with zero attached hydrogens (tertiary/aromatic N) is 1. The molecule has 1 heterocycles. The van der Waals surface area contributed by atoms with E-state index in [4.69, 9.17) is 9.84 Å². The maximum absolute atomic E-state index is 13.1. The first-order valence-electron chi connectivity index (χ1n) is 7.02. The fourth-order valence-corrected chi connectivity index (χ4v) is 3.35. The van der Waals surface area contributed by atoms with Crippen molar-refractivity contribution in [3.05, 3.63) is 29.8 Å². The number of hydrogen-bond donors (Lipinski definition) is 1. The number of aliphatic carboxylic acids is 1. The molecule has 1 N–H and O–H groups in total. The summed E-state index contributed by atoms with van der Waals surface area (Å²) in [6.45, 7) is 0.339. The van der Waals surface area contributed by atoms with Gasteiger partial charge in [0.2, 0.25) is 5.91 Å². The van der Waals surface area contributed by atoms with Crippen LogP contribution in [-0.4, -0.2) is 53.4 Å². The Kier molecular flexibility index (Phi) is 5.95. The summed E-state index contributed by atoms with van der Waals surface area (Å²) in [4.78, 5) is 25.2. The third-order valence-electron chi connectivity index (χ3n) is 3.69. The van der Waals surface area contributed by atoms with E-state index in [1.165, 1.54) is 18.1 Å². The second-order valence-corrected chi connectivity index (χ2v) is 6.30. The first kappa shape index (κ1) is 17.7. The van der Waals surface area contributed by atoms with E-state index in [9.17, 15) is 18.4 Å². The summed E-state index contributed by atoms with van der Waals surface area (Å²) in [6, 6.07) is 3.03. The Hall–Kier alpha value is -1.67. The van der Waals surface area contributed by atoms with Gasteiger partial charge in [0.05, 0.1) is 18.3 Å². The highest BCUT2D eigenvalue weighted by atomic mass is 32.2. The smallest absolute Gasteiger partial charge is 0.305 e. The maximum atomic E-state index is 13.1. The number of carboxylic acids is 1. The Labute approximate surface area is 136 Å². The summed E-state index contributed by atoms with van der Waals surface area (Å²) in [7, 11) is 1.52. The number of amides is 1. The van der Waals surface area contributed by atoms with Gasteiger partial charge in [-0.05, 0) is 24.6 Å². The number of carbonyl (C=O) groups excluding carboxylic acids is 1. The van der Waals surface area contributed by atoms with Crippen LogP contribution in [0.5, 0.6) is 0 Å². The molecule has 2 rings (SSSR count). The van der Waals surface area contributed by atoms with E-state index in [0.717, 1.165) is 23.9 Å². The average molecular weight is 345 g/mol. The molecule has 0 bridgehead atoms. The summed E-state index contributed by atoms with van der Waals surface area (Å²) in [5, 5.41) is 8.94. The quantitative estimate of drug-likeness (QED) is 0.800. The lowest BCUT2D eigenvalue weighted by molar-refractivity contribution is -0.139. The fourth-order valence-electron chi connectivity index (χ4n) is 2.54. The maximum Gasteiger partial charge on any atom is 0.305 e. The van der Waals surface area contributed by atoms with Gasteiger partial charge in [0, 0.05) is 24.6 Å². The van der Waals surface area contributed by atoms with Gasteiger partial charge in [-0.15, -0.1) is 11.8 Å². The van der Waals surface area contributed by atoms with Gasteiger partial charge < -0.3 is 14.7 Å². The standard InChI is InChI=1S/C15H17F2NO4S/c1-22-10-4-9(5-15(20)21)18(7-10)14(19)8-23-11-2-3-12(16)13(17)6-11/h2-3,6,9-10H,4-5,7-8H2,1H3,(H,20,21). The highest BCUT2D eigenvalue weighted by molar-refractivity contribution is 8.00. The van der Waals surface area contributed by atoms with Crippen LogP contribution in [0.3, 0.4) is 0 Å².